The molecule has 0 fully saturated rings. The molecule has 33 heavy (non-hydrogen) atoms. The lowest BCUT2D eigenvalue weighted by Gasteiger charge is -2.10. The lowest BCUT2D eigenvalue weighted by molar-refractivity contribution is -0.112. The summed E-state index contributed by atoms with van der Waals surface area (Å²) in [5, 5.41) is 23.2. The van der Waals surface area contributed by atoms with Crippen molar-refractivity contribution in [1.82, 2.24) is 4.57 Å². The van der Waals surface area contributed by atoms with Gasteiger partial charge in [-0.05, 0) is 74.9 Å². The first-order valence-corrected chi connectivity index (χ1v) is 11.6. The van der Waals surface area contributed by atoms with Gasteiger partial charge in [-0.25, -0.2) is 0 Å². The monoisotopic (exact) mass is 456 g/mol. The van der Waals surface area contributed by atoms with Crippen LogP contribution in [-0.2, 0) is 17.6 Å². The molecule has 1 amide bonds. The fraction of sp³-hybridized carbons (Fsp3) is 0.269. The summed E-state index contributed by atoms with van der Waals surface area (Å²) in [5.41, 5.74) is 5.12. The first-order valence-electron chi connectivity index (χ1n) is 10.8. The van der Waals surface area contributed by atoms with Crippen molar-refractivity contribution in [1.29, 1.82) is 10.5 Å². The average Bonchev–Trinajstić information content (AvgIpc) is 3.32. The van der Waals surface area contributed by atoms with E-state index >= 15 is 0 Å². The van der Waals surface area contributed by atoms with Crippen LogP contribution in [0, 0.1) is 36.5 Å². The number of aromatic nitrogens is 1. The van der Waals surface area contributed by atoms with E-state index in [1.165, 1.54) is 10.4 Å². The van der Waals surface area contributed by atoms with Crippen LogP contribution in [0.4, 0.5) is 5.69 Å². The van der Waals surface area contributed by atoms with Crippen LogP contribution in [0.25, 0.3) is 11.1 Å². The fourth-order valence-electron chi connectivity index (χ4n) is 4.27. The van der Waals surface area contributed by atoms with E-state index in [-0.39, 0.29) is 5.57 Å². The zero-order valence-corrected chi connectivity index (χ0v) is 19.7. The maximum Gasteiger partial charge on any atom is 0.266 e. The van der Waals surface area contributed by atoms with E-state index in [1.54, 1.807) is 48.8 Å². The van der Waals surface area contributed by atoms with Gasteiger partial charge in [-0.3, -0.25) is 4.79 Å². The van der Waals surface area contributed by atoms with Gasteiger partial charge in [0.1, 0.15) is 28.5 Å². The van der Waals surface area contributed by atoms with Crippen LogP contribution in [0.1, 0.15) is 45.8 Å². The van der Waals surface area contributed by atoms with Gasteiger partial charge in [0.05, 0.1) is 12.7 Å². The van der Waals surface area contributed by atoms with Gasteiger partial charge in [0, 0.05) is 28.0 Å². The number of rotatable bonds is 5. The summed E-state index contributed by atoms with van der Waals surface area (Å²) in [7, 11) is 1.55. The van der Waals surface area contributed by atoms with Gasteiger partial charge in [-0.2, -0.15) is 10.5 Å². The van der Waals surface area contributed by atoms with E-state index in [0.29, 0.717) is 11.4 Å². The number of thiophene rings is 1. The van der Waals surface area contributed by atoms with Crippen molar-refractivity contribution in [2.24, 2.45) is 0 Å². The second-order valence-corrected chi connectivity index (χ2v) is 9.10. The zero-order chi connectivity index (χ0) is 23.5. The Hall–Kier alpha value is -3.81. The number of nitrogens with one attached hydrogen (secondary N) is 1. The van der Waals surface area contributed by atoms with Crippen molar-refractivity contribution in [2.45, 2.75) is 39.5 Å². The molecule has 0 saturated carbocycles. The minimum atomic E-state index is -0.486. The minimum absolute atomic E-state index is 0.00375. The molecule has 3 aromatic rings. The van der Waals surface area contributed by atoms with Crippen LogP contribution < -0.4 is 10.1 Å². The molecule has 6 nitrogen and oxygen atoms in total. The number of carbonyl (C=O) groups is 1. The van der Waals surface area contributed by atoms with Crippen LogP contribution in [0.15, 0.2) is 35.9 Å². The number of hydrogen-bond donors (Lipinski definition) is 1. The number of nitrogens with zero attached hydrogens (tertiary/aromatic N) is 3. The molecule has 7 heteroatoms. The summed E-state index contributed by atoms with van der Waals surface area (Å²) in [6, 6.07) is 13.4. The Kier molecular flexibility index (Phi) is 6.35. The molecule has 1 aliphatic carbocycles. The first-order chi connectivity index (χ1) is 16.0. The van der Waals surface area contributed by atoms with Crippen molar-refractivity contribution in [2.75, 3.05) is 12.4 Å². The van der Waals surface area contributed by atoms with Crippen molar-refractivity contribution in [3.05, 3.63) is 68.9 Å². The van der Waals surface area contributed by atoms with Crippen LogP contribution in [0.5, 0.6) is 5.75 Å². The lowest BCUT2D eigenvalue weighted by Crippen LogP contribution is -2.13. The Bertz CT molecular complexity index is 1350. The molecule has 1 aliphatic rings. The Morgan fingerprint density at radius 2 is 2.00 bits per heavy atom. The smallest absolute Gasteiger partial charge is 0.266 e. The number of carbonyl (C=O) groups excluding carboxylic acids is 1. The summed E-state index contributed by atoms with van der Waals surface area (Å²) >= 11 is 1.68. The molecule has 4 rings (SSSR count). The Morgan fingerprint density at radius 3 is 2.73 bits per heavy atom. The second kappa shape index (κ2) is 9.36. The fourth-order valence-corrected chi connectivity index (χ4v) is 5.72. The van der Waals surface area contributed by atoms with Crippen LogP contribution in [0.2, 0.25) is 0 Å². The predicted octanol–water partition coefficient (Wildman–Crippen LogP) is 5.46. The Labute approximate surface area is 197 Å². The SMILES string of the molecule is COc1cccc(NC(=O)/C(C#N)=C/c2cc(C)n(-c3sc4c(c3C#N)CCCC4)c2C)c1. The molecule has 1 N–H and O–H groups in total. The van der Waals surface area contributed by atoms with E-state index in [0.717, 1.165) is 53.2 Å². The van der Waals surface area contributed by atoms with Crippen LogP contribution in [-0.4, -0.2) is 17.6 Å². The molecule has 2 aromatic heterocycles. The van der Waals surface area contributed by atoms with E-state index in [4.69, 9.17) is 4.74 Å². The van der Waals surface area contributed by atoms with Crippen molar-refractivity contribution in [3.8, 4) is 22.9 Å². The summed E-state index contributed by atoms with van der Waals surface area (Å²) in [5.74, 6) is 0.130. The van der Waals surface area contributed by atoms with Crippen molar-refractivity contribution >= 4 is 29.0 Å². The summed E-state index contributed by atoms with van der Waals surface area (Å²) in [4.78, 5) is 14.1. The standard InChI is InChI=1S/C26H24N4O2S/c1-16-11-18(12-19(14-27)25(31)29-20-7-6-8-21(13-20)32-3)17(2)30(16)26-23(15-28)22-9-4-5-10-24(22)33-26/h6-8,11-13H,4-5,9-10H2,1-3H3,(H,29,31)/b19-12+. The molecule has 0 unspecified atom stereocenters. The third kappa shape index (κ3) is 4.28. The summed E-state index contributed by atoms with van der Waals surface area (Å²) in [6.45, 7) is 3.93. The molecule has 0 saturated heterocycles. The molecule has 1 aromatic carbocycles. The normalized spacial score (nSPS) is 13.1. The molecular weight excluding hydrogens is 432 g/mol. The summed E-state index contributed by atoms with van der Waals surface area (Å²) < 4.78 is 7.26. The second-order valence-electron chi connectivity index (χ2n) is 8.02. The van der Waals surface area contributed by atoms with E-state index < -0.39 is 5.91 Å². The number of nitriles is 2. The van der Waals surface area contributed by atoms with E-state index in [9.17, 15) is 15.3 Å². The number of ether oxygens (including phenoxy) is 1. The zero-order valence-electron chi connectivity index (χ0n) is 18.9. The summed E-state index contributed by atoms with van der Waals surface area (Å²) in [6.07, 6.45) is 5.84. The highest BCUT2D eigenvalue weighted by Crippen LogP contribution is 2.38. The average molecular weight is 457 g/mol. The Balaban J connectivity index is 1.69. The Morgan fingerprint density at radius 1 is 1.21 bits per heavy atom. The van der Waals surface area contributed by atoms with Gasteiger partial charge >= 0.3 is 0 Å². The molecule has 166 valence electrons. The number of methoxy groups -OCH3 is 1. The minimum Gasteiger partial charge on any atom is -0.497 e. The molecule has 0 spiro atoms. The quantitative estimate of drug-likeness (QED) is 0.408. The van der Waals surface area contributed by atoms with Crippen molar-refractivity contribution in [3.63, 3.8) is 0 Å². The highest BCUT2D eigenvalue weighted by molar-refractivity contribution is 7.15. The molecule has 2 heterocycles. The highest BCUT2D eigenvalue weighted by atomic mass is 32.1. The van der Waals surface area contributed by atoms with Gasteiger partial charge in [0.2, 0.25) is 0 Å². The number of fused-ring (bicyclic) bond motifs is 1. The van der Waals surface area contributed by atoms with Crippen LogP contribution >= 0.6 is 11.3 Å². The maximum atomic E-state index is 12.8. The number of hydrogen-bond acceptors (Lipinski definition) is 5. The van der Waals surface area contributed by atoms with Crippen LogP contribution in [0.3, 0.4) is 0 Å². The van der Waals surface area contributed by atoms with Gasteiger partial charge in [0.25, 0.3) is 5.91 Å². The van der Waals surface area contributed by atoms with Gasteiger partial charge in [0.15, 0.2) is 0 Å². The first kappa shape index (κ1) is 22.4. The molecule has 0 bridgehead atoms. The van der Waals surface area contributed by atoms with Gasteiger partial charge in [-0.15, -0.1) is 11.3 Å². The molecule has 0 aliphatic heterocycles. The van der Waals surface area contributed by atoms with E-state index in [1.807, 2.05) is 26.0 Å². The number of anilines is 1. The lowest BCUT2D eigenvalue weighted by atomic mass is 9.96. The molecule has 0 atom stereocenters. The molecule has 0 radical (unpaired) electrons. The maximum absolute atomic E-state index is 12.8. The highest BCUT2D eigenvalue weighted by Gasteiger charge is 2.24. The van der Waals surface area contributed by atoms with E-state index in [2.05, 4.69) is 16.0 Å². The van der Waals surface area contributed by atoms with Crippen molar-refractivity contribution < 1.29 is 9.53 Å². The van der Waals surface area contributed by atoms with Gasteiger partial charge in [-0.1, -0.05) is 6.07 Å². The van der Waals surface area contributed by atoms with Gasteiger partial charge < -0.3 is 14.6 Å². The predicted molar refractivity (Wildman–Crippen MR) is 130 cm³/mol. The largest absolute Gasteiger partial charge is 0.497 e. The topological polar surface area (TPSA) is 90.8 Å². The number of benzene rings is 1. The molecular formula is C26H24N4O2S. The number of amides is 1. The number of aryl methyl sites for hydroxylation is 2. The third-order valence-electron chi connectivity index (χ3n) is 5.93. The third-order valence-corrected chi connectivity index (χ3v) is 7.21.